The number of hydrogen-bond donors (Lipinski definition) is 1. The molecule has 1 aliphatic heterocycles. The van der Waals surface area contributed by atoms with Crippen LogP contribution in [0.5, 0.6) is 5.75 Å². The predicted octanol–water partition coefficient (Wildman–Crippen LogP) is 2.47. The van der Waals surface area contributed by atoms with Crippen LogP contribution in [-0.2, 0) is 11.3 Å². The van der Waals surface area contributed by atoms with E-state index in [2.05, 4.69) is 22.3 Å². The third-order valence-electron chi connectivity index (χ3n) is 5.11. The Morgan fingerprint density at radius 2 is 1.76 bits per heavy atom. The number of piperazine rings is 1. The summed E-state index contributed by atoms with van der Waals surface area (Å²) in [5.41, 5.74) is 2.72. The molecule has 0 spiro atoms. The highest BCUT2D eigenvalue weighted by molar-refractivity contribution is 5.96. The second kappa shape index (κ2) is 10.1. The highest BCUT2D eigenvalue weighted by Gasteiger charge is 2.21. The highest BCUT2D eigenvalue weighted by atomic mass is 16.5. The molecule has 154 valence electrons. The first-order valence-electron chi connectivity index (χ1n) is 10.1. The van der Waals surface area contributed by atoms with Crippen molar-refractivity contribution in [2.45, 2.75) is 20.4 Å². The number of carbonyl (C=O) groups is 2. The van der Waals surface area contributed by atoms with Crippen LogP contribution in [0.3, 0.4) is 0 Å². The van der Waals surface area contributed by atoms with E-state index in [0.717, 1.165) is 30.9 Å². The van der Waals surface area contributed by atoms with E-state index in [1.54, 1.807) is 18.2 Å². The van der Waals surface area contributed by atoms with Gasteiger partial charge < -0.3 is 15.0 Å². The fraction of sp³-hybridized carbons (Fsp3) is 0.391. The Morgan fingerprint density at radius 1 is 1.03 bits per heavy atom. The summed E-state index contributed by atoms with van der Waals surface area (Å²) < 4.78 is 5.50. The molecule has 1 N–H and O–H groups in total. The van der Waals surface area contributed by atoms with E-state index in [1.807, 2.05) is 36.9 Å². The molecule has 0 radical (unpaired) electrons. The lowest BCUT2D eigenvalue weighted by molar-refractivity contribution is -0.131. The van der Waals surface area contributed by atoms with Gasteiger partial charge in [-0.2, -0.15) is 0 Å². The van der Waals surface area contributed by atoms with Gasteiger partial charge in [0.15, 0.2) is 0 Å². The third kappa shape index (κ3) is 5.81. The van der Waals surface area contributed by atoms with E-state index in [-0.39, 0.29) is 18.4 Å². The summed E-state index contributed by atoms with van der Waals surface area (Å²) in [5, 5.41) is 2.74. The van der Waals surface area contributed by atoms with Crippen molar-refractivity contribution in [3.63, 3.8) is 0 Å². The lowest BCUT2D eigenvalue weighted by Gasteiger charge is -2.34. The molecule has 3 rings (SSSR count). The smallest absolute Gasteiger partial charge is 0.251 e. The Hall–Kier alpha value is -2.86. The van der Waals surface area contributed by atoms with Gasteiger partial charge in [0, 0.05) is 38.3 Å². The molecule has 1 fully saturated rings. The second-order valence-corrected chi connectivity index (χ2v) is 7.24. The van der Waals surface area contributed by atoms with Gasteiger partial charge in [-0.25, -0.2) is 0 Å². The summed E-state index contributed by atoms with van der Waals surface area (Å²) in [6.07, 6.45) is 0. The standard InChI is InChI=1S/C23H29N3O3/c1-3-29-21-10-9-20(15-18(21)2)23(28)24-16-22(27)26-13-11-25(12-14-26)17-19-7-5-4-6-8-19/h4-10,15H,3,11-14,16-17H2,1-2H3,(H,24,28). The molecule has 1 heterocycles. The Bertz CT molecular complexity index is 831. The van der Waals surface area contributed by atoms with Gasteiger partial charge in [-0.3, -0.25) is 14.5 Å². The van der Waals surface area contributed by atoms with Crippen LogP contribution in [0.2, 0.25) is 0 Å². The molecule has 2 aromatic carbocycles. The average Bonchev–Trinajstić information content (AvgIpc) is 2.74. The van der Waals surface area contributed by atoms with Gasteiger partial charge >= 0.3 is 0 Å². The topological polar surface area (TPSA) is 61.9 Å². The summed E-state index contributed by atoms with van der Waals surface area (Å²) in [7, 11) is 0. The lowest BCUT2D eigenvalue weighted by atomic mass is 10.1. The minimum absolute atomic E-state index is 0.0176. The SMILES string of the molecule is CCOc1ccc(C(=O)NCC(=O)N2CCN(Cc3ccccc3)CC2)cc1C. The molecular formula is C23H29N3O3. The Morgan fingerprint density at radius 3 is 2.41 bits per heavy atom. The summed E-state index contributed by atoms with van der Waals surface area (Å²) in [5.74, 6) is 0.487. The van der Waals surface area contributed by atoms with Crippen molar-refractivity contribution < 1.29 is 14.3 Å². The molecule has 0 bridgehead atoms. The van der Waals surface area contributed by atoms with Gasteiger partial charge in [-0.1, -0.05) is 30.3 Å². The van der Waals surface area contributed by atoms with Crippen LogP contribution in [0.1, 0.15) is 28.4 Å². The van der Waals surface area contributed by atoms with Crippen molar-refractivity contribution in [2.75, 3.05) is 39.3 Å². The molecule has 2 amide bonds. The molecule has 1 aliphatic rings. The molecule has 0 atom stereocenters. The van der Waals surface area contributed by atoms with Crippen LogP contribution in [0.25, 0.3) is 0 Å². The number of nitrogens with zero attached hydrogens (tertiary/aromatic N) is 2. The fourth-order valence-corrected chi connectivity index (χ4v) is 3.47. The van der Waals surface area contributed by atoms with Gasteiger partial charge in [-0.05, 0) is 43.2 Å². The van der Waals surface area contributed by atoms with E-state index in [1.165, 1.54) is 5.56 Å². The first-order valence-corrected chi connectivity index (χ1v) is 10.1. The van der Waals surface area contributed by atoms with E-state index < -0.39 is 0 Å². The van der Waals surface area contributed by atoms with Gasteiger partial charge in [0.2, 0.25) is 5.91 Å². The maximum absolute atomic E-state index is 12.5. The van der Waals surface area contributed by atoms with E-state index >= 15 is 0 Å². The van der Waals surface area contributed by atoms with E-state index in [0.29, 0.717) is 25.3 Å². The number of ether oxygens (including phenoxy) is 1. The first kappa shape index (κ1) is 20.9. The van der Waals surface area contributed by atoms with Crippen LogP contribution >= 0.6 is 0 Å². The number of hydrogen-bond acceptors (Lipinski definition) is 4. The Kier molecular flexibility index (Phi) is 7.25. The number of carbonyl (C=O) groups excluding carboxylic acids is 2. The minimum atomic E-state index is -0.243. The summed E-state index contributed by atoms with van der Waals surface area (Å²) in [4.78, 5) is 29.0. The maximum Gasteiger partial charge on any atom is 0.251 e. The Balaban J connectivity index is 1.44. The van der Waals surface area contributed by atoms with Crippen molar-refractivity contribution in [3.8, 4) is 5.75 Å². The zero-order chi connectivity index (χ0) is 20.6. The summed E-state index contributed by atoms with van der Waals surface area (Å²) in [6.45, 7) is 8.38. The van der Waals surface area contributed by atoms with Crippen LogP contribution < -0.4 is 10.1 Å². The van der Waals surface area contributed by atoms with Crippen LogP contribution in [-0.4, -0.2) is 60.9 Å². The zero-order valence-corrected chi connectivity index (χ0v) is 17.2. The van der Waals surface area contributed by atoms with Gasteiger partial charge in [0.05, 0.1) is 13.2 Å². The molecule has 6 nitrogen and oxygen atoms in total. The number of benzene rings is 2. The number of amides is 2. The van der Waals surface area contributed by atoms with Crippen molar-refractivity contribution in [1.29, 1.82) is 0 Å². The van der Waals surface area contributed by atoms with E-state index in [9.17, 15) is 9.59 Å². The molecule has 6 heteroatoms. The largest absolute Gasteiger partial charge is 0.494 e. The van der Waals surface area contributed by atoms with Crippen molar-refractivity contribution >= 4 is 11.8 Å². The van der Waals surface area contributed by atoms with Crippen LogP contribution in [0.4, 0.5) is 0 Å². The second-order valence-electron chi connectivity index (χ2n) is 7.24. The monoisotopic (exact) mass is 395 g/mol. The Labute approximate surface area is 172 Å². The first-order chi connectivity index (χ1) is 14.1. The molecule has 0 aliphatic carbocycles. The minimum Gasteiger partial charge on any atom is -0.494 e. The number of nitrogens with one attached hydrogen (secondary N) is 1. The molecule has 0 saturated carbocycles. The van der Waals surface area contributed by atoms with Gasteiger partial charge in [0.1, 0.15) is 5.75 Å². The molecule has 0 aromatic heterocycles. The van der Waals surface area contributed by atoms with Crippen LogP contribution in [0, 0.1) is 6.92 Å². The summed E-state index contributed by atoms with van der Waals surface area (Å²) in [6, 6.07) is 15.6. The normalized spacial score (nSPS) is 14.5. The summed E-state index contributed by atoms with van der Waals surface area (Å²) >= 11 is 0. The van der Waals surface area contributed by atoms with E-state index in [4.69, 9.17) is 4.74 Å². The average molecular weight is 396 g/mol. The zero-order valence-electron chi connectivity index (χ0n) is 17.2. The maximum atomic E-state index is 12.5. The van der Waals surface area contributed by atoms with Crippen molar-refractivity contribution in [2.24, 2.45) is 0 Å². The molecule has 0 unspecified atom stereocenters. The lowest BCUT2D eigenvalue weighted by Crippen LogP contribution is -2.50. The molecule has 1 saturated heterocycles. The quantitative estimate of drug-likeness (QED) is 0.782. The number of aryl methyl sites for hydroxylation is 1. The van der Waals surface area contributed by atoms with Gasteiger partial charge in [-0.15, -0.1) is 0 Å². The molecule has 2 aromatic rings. The van der Waals surface area contributed by atoms with Crippen molar-refractivity contribution in [1.82, 2.24) is 15.1 Å². The van der Waals surface area contributed by atoms with Gasteiger partial charge in [0.25, 0.3) is 5.91 Å². The molecular weight excluding hydrogens is 366 g/mol. The highest BCUT2D eigenvalue weighted by Crippen LogP contribution is 2.19. The number of rotatable bonds is 7. The van der Waals surface area contributed by atoms with Crippen molar-refractivity contribution in [3.05, 3.63) is 65.2 Å². The fourth-order valence-electron chi connectivity index (χ4n) is 3.47. The molecule has 29 heavy (non-hydrogen) atoms. The third-order valence-corrected chi connectivity index (χ3v) is 5.11. The predicted molar refractivity (Wildman–Crippen MR) is 113 cm³/mol. The van der Waals surface area contributed by atoms with Crippen LogP contribution in [0.15, 0.2) is 48.5 Å².